The molecule has 1 aliphatic rings. The van der Waals surface area contributed by atoms with Crippen LogP contribution in [-0.4, -0.2) is 29.1 Å². The zero-order chi connectivity index (χ0) is 22.7. The maximum absolute atomic E-state index is 13.2. The van der Waals surface area contributed by atoms with E-state index in [1.165, 1.54) is 0 Å². The Bertz CT molecular complexity index is 1260. The molecule has 0 bridgehead atoms. The van der Waals surface area contributed by atoms with Crippen LogP contribution in [0.5, 0.6) is 5.75 Å². The van der Waals surface area contributed by atoms with E-state index >= 15 is 0 Å². The summed E-state index contributed by atoms with van der Waals surface area (Å²) >= 11 is 6.04. The van der Waals surface area contributed by atoms with E-state index in [-0.39, 0.29) is 28.2 Å². The smallest absolute Gasteiger partial charge is 0.261 e. The number of nitrogens with zero attached hydrogens (tertiary/aromatic N) is 1. The predicted molar refractivity (Wildman–Crippen MR) is 125 cm³/mol. The van der Waals surface area contributed by atoms with Crippen LogP contribution in [0.25, 0.3) is 5.76 Å². The number of anilines is 1. The summed E-state index contributed by atoms with van der Waals surface area (Å²) in [6, 6.07) is 19.9. The number of ketones is 1. The molecule has 0 spiro atoms. The second kappa shape index (κ2) is 9.08. The van der Waals surface area contributed by atoms with Gasteiger partial charge in [0.2, 0.25) is 5.78 Å². The van der Waals surface area contributed by atoms with E-state index in [0.717, 1.165) is 0 Å². The Morgan fingerprint density at radius 1 is 1.03 bits per heavy atom. The van der Waals surface area contributed by atoms with Crippen molar-refractivity contribution in [3.63, 3.8) is 0 Å². The molecule has 0 atom stereocenters. The van der Waals surface area contributed by atoms with Crippen LogP contribution < -0.4 is 10.1 Å². The fourth-order valence-electron chi connectivity index (χ4n) is 3.37. The summed E-state index contributed by atoms with van der Waals surface area (Å²) in [7, 11) is 0. The van der Waals surface area contributed by atoms with Gasteiger partial charge in [0.15, 0.2) is 0 Å². The molecule has 0 aromatic heterocycles. The van der Waals surface area contributed by atoms with Crippen molar-refractivity contribution in [2.75, 3.05) is 11.9 Å². The lowest BCUT2D eigenvalue weighted by atomic mass is 9.87. The molecule has 0 radical (unpaired) electrons. The fourth-order valence-corrected chi connectivity index (χ4v) is 3.55. The molecule has 0 saturated carbocycles. The number of nitrogens with one attached hydrogen (secondary N) is 1. The van der Waals surface area contributed by atoms with E-state index in [4.69, 9.17) is 16.3 Å². The summed E-state index contributed by atoms with van der Waals surface area (Å²) in [5.41, 5.74) is 1.05. The normalized spacial score (nSPS) is 14.3. The average Bonchev–Trinajstić information content (AvgIpc) is 2.79. The summed E-state index contributed by atoms with van der Waals surface area (Å²) in [5, 5.41) is 14.1. The van der Waals surface area contributed by atoms with Gasteiger partial charge in [0.1, 0.15) is 22.8 Å². The van der Waals surface area contributed by atoms with Crippen LogP contribution in [-0.2, 0) is 4.79 Å². The Balaban J connectivity index is 1.77. The molecule has 160 valence electrons. The number of hydrogen-bond acceptors (Lipinski definition) is 5. The quantitative estimate of drug-likeness (QED) is 0.532. The van der Waals surface area contributed by atoms with Gasteiger partial charge in [-0.05, 0) is 49.4 Å². The predicted octanol–water partition coefficient (Wildman–Crippen LogP) is 5.62. The first-order valence-corrected chi connectivity index (χ1v) is 10.3. The van der Waals surface area contributed by atoms with Crippen molar-refractivity contribution < 1.29 is 19.4 Å². The molecule has 3 aromatic rings. The van der Waals surface area contributed by atoms with Gasteiger partial charge in [-0.2, -0.15) is 0 Å². The number of rotatable bonds is 5. The first kappa shape index (κ1) is 21.3. The second-order valence-electron chi connectivity index (χ2n) is 6.95. The molecule has 4 rings (SSSR count). The lowest BCUT2D eigenvalue weighted by molar-refractivity contribution is -0.112. The summed E-state index contributed by atoms with van der Waals surface area (Å²) < 4.78 is 5.41. The van der Waals surface area contributed by atoms with Crippen LogP contribution in [0.3, 0.4) is 0 Å². The highest BCUT2D eigenvalue weighted by atomic mass is 35.5. The van der Waals surface area contributed by atoms with Gasteiger partial charge in [-0.25, -0.2) is 4.99 Å². The maximum atomic E-state index is 13.2. The molecule has 6 nitrogen and oxygen atoms in total. The van der Waals surface area contributed by atoms with E-state index < -0.39 is 11.7 Å². The number of hydrogen-bond donors (Lipinski definition) is 2. The minimum atomic E-state index is -0.657. The molecule has 2 N–H and O–H groups in total. The standard InChI is InChI=1S/C25H19ClN2O4/c1-2-32-18-12-10-16(11-13-18)28-25(31)21-22(27-17-7-5-6-15(26)14-17)24(30)20-9-4-3-8-19(20)23(21)29/h3-14,29H,2H2,1H3,(H,28,31). The van der Waals surface area contributed by atoms with Crippen LogP contribution in [0.2, 0.25) is 5.02 Å². The Hall–Kier alpha value is -3.90. The zero-order valence-electron chi connectivity index (χ0n) is 17.1. The number of halogens is 1. The van der Waals surface area contributed by atoms with E-state index in [2.05, 4.69) is 10.3 Å². The van der Waals surface area contributed by atoms with Gasteiger partial charge >= 0.3 is 0 Å². The van der Waals surface area contributed by atoms with Crippen LogP contribution in [0, 0.1) is 0 Å². The highest BCUT2D eigenvalue weighted by molar-refractivity contribution is 6.60. The molecule has 3 aromatic carbocycles. The Kier molecular flexibility index (Phi) is 6.05. The molecule has 7 heteroatoms. The Labute approximate surface area is 189 Å². The maximum Gasteiger partial charge on any atom is 0.261 e. The third-order valence-corrected chi connectivity index (χ3v) is 5.05. The molecule has 0 fully saturated rings. The third kappa shape index (κ3) is 4.26. The zero-order valence-corrected chi connectivity index (χ0v) is 17.9. The van der Waals surface area contributed by atoms with Crippen LogP contribution in [0.15, 0.2) is 83.4 Å². The van der Waals surface area contributed by atoms with Gasteiger partial charge in [0, 0.05) is 21.8 Å². The van der Waals surface area contributed by atoms with E-state index in [0.29, 0.717) is 28.8 Å². The molecule has 0 unspecified atom stereocenters. The molecular formula is C25H19ClN2O4. The summed E-state index contributed by atoms with van der Waals surface area (Å²) in [4.78, 5) is 30.8. The first-order chi connectivity index (χ1) is 15.5. The van der Waals surface area contributed by atoms with Crippen molar-refractivity contribution in [2.24, 2.45) is 4.99 Å². The summed E-state index contributed by atoms with van der Waals surface area (Å²) in [6.07, 6.45) is 0. The number of benzene rings is 3. The average molecular weight is 447 g/mol. The Morgan fingerprint density at radius 3 is 2.44 bits per heavy atom. The number of aliphatic imine (C=N–C) groups is 1. The summed E-state index contributed by atoms with van der Waals surface area (Å²) in [6.45, 7) is 2.40. The SMILES string of the molecule is CCOc1ccc(NC(=O)C2=C(O)c3ccccc3C(=O)C2=Nc2cccc(Cl)c2)cc1. The number of ether oxygens (including phenoxy) is 1. The number of Topliss-reactive ketones (excluding diaryl/α,β-unsaturated/α-hetero) is 1. The van der Waals surface area contributed by atoms with Gasteiger partial charge < -0.3 is 15.2 Å². The topological polar surface area (TPSA) is 88.0 Å². The monoisotopic (exact) mass is 446 g/mol. The van der Waals surface area contributed by atoms with Crippen LogP contribution in [0.1, 0.15) is 22.8 Å². The van der Waals surface area contributed by atoms with Crippen molar-refractivity contribution in [3.8, 4) is 5.75 Å². The molecule has 0 saturated heterocycles. The third-order valence-electron chi connectivity index (χ3n) is 4.81. The van der Waals surface area contributed by atoms with Crippen molar-refractivity contribution in [2.45, 2.75) is 6.92 Å². The fraction of sp³-hybridized carbons (Fsp3) is 0.0800. The molecule has 1 amide bonds. The van der Waals surface area contributed by atoms with E-state index in [9.17, 15) is 14.7 Å². The van der Waals surface area contributed by atoms with E-state index in [1.807, 2.05) is 6.92 Å². The molecule has 1 aliphatic carbocycles. The lowest BCUT2D eigenvalue weighted by Crippen LogP contribution is -2.31. The van der Waals surface area contributed by atoms with Crippen molar-refractivity contribution >= 4 is 46.1 Å². The van der Waals surface area contributed by atoms with Crippen molar-refractivity contribution in [1.82, 2.24) is 0 Å². The van der Waals surface area contributed by atoms with Gasteiger partial charge in [-0.3, -0.25) is 9.59 Å². The van der Waals surface area contributed by atoms with Crippen molar-refractivity contribution in [1.29, 1.82) is 0 Å². The first-order valence-electron chi connectivity index (χ1n) is 9.94. The van der Waals surface area contributed by atoms with Gasteiger partial charge in [-0.15, -0.1) is 0 Å². The number of amides is 1. The number of aliphatic hydroxyl groups is 1. The summed E-state index contributed by atoms with van der Waals surface area (Å²) in [5.74, 6) is -0.771. The lowest BCUT2D eigenvalue weighted by Gasteiger charge is -2.20. The molecular weight excluding hydrogens is 428 g/mol. The molecule has 32 heavy (non-hydrogen) atoms. The number of fused-ring (bicyclic) bond motifs is 1. The number of carbonyl (C=O) groups is 2. The largest absolute Gasteiger partial charge is 0.506 e. The highest BCUT2D eigenvalue weighted by Crippen LogP contribution is 2.31. The number of aliphatic hydroxyl groups excluding tert-OH is 1. The highest BCUT2D eigenvalue weighted by Gasteiger charge is 2.35. The van der Waals surface area contributed by atoms with Gasteiger partial charge in [-0.1, -0.05) is 41.9 Å². The number of carbonyl (C=O) groups excluding carboxylic acids is 2. The Morgan fingerprint density at radius 2 is 1.75 bits per heavy atom. The minimum Gasteiger partial charge on any atom is -0.506 e. The second-order valence-corrected chi connectivity index (χ2v) is 7.39. The van der Waals surface area contributed by atoms with Crippen molar-refractivity contribution in [3.05, 3.63) is 94.5 Å². The van der Waals surface area contributed by atoms with Gasteiger partial charge in [0.05, 0.1) is 12.3 Å². The van der Waals surface area contributed by atoms with E-state index in [1.54, 1.807) is 72.8 Å². The minimum absolute atomic E-state index is 0.160. The van der Waals surface area contributed by atoms with Crippen LogP contribution >= 0.6 is 11.6 Å². The molecule has 0 aliphatic heterocycles. The van der Waals surface area contributed by atoms with Gasteiger partial charge in [0.25, 0.3) is 5.91 Å². The molecule has 0 heterocycles. The van der Waals surface area contributed by atoms with Crippen LogP contribution in [0.4, 0.5) is 11.4 Å².